The van der Waals surface area contributed by atoms with E-state index in [0.29, 0.717) is 24.2 Å². The summed E-state index contributed by atoms with van der Waals surface area (Å²) in [5.41, 5.74) is -0.0999. The standard InChI is InChI=1S/C15H14N4O3S/c20-13(9-22-11-2-1-4-16-8-11)17-5-6-19-10-18-14-12(15(19)21)3-7-23-14/h1-4,7-8,10H,5-6,9H2,(H,17,20). The Morgan fingerprint density at radius 3 is 3.13 bits per heavy atom. The van der Waals surface area contributed by atoms with Crippen molar-refractivity contribution in [3.63, 3.8) is 0 Å². The van der Waals surface area contributed by atoms with E-state index in [1.54, 1.807) is 24.4 Å². The van der Waals surface area contributed by atoms with Crippen LogP contribution < -0.4 is 15.6 Å². The summed E-state index contributed by atoms with van der Waals surface area (Å²) in [4.78, 5) is 32.7. The van der Waals surface area contributed by atoms with Crippen molar-refractivity contribution in [3.8, 4) is 5.75 Å². The molecule has 3 heterocycles. The number of ether oxygens (including phenoxy) is 1. The second-order valence-electron chi connectivity index (χ2n) is 4.71. The number of nitrogens with one attached hydrogen (secondary N) is 1. The average Bonchev–Trinajstić information content (AvgIpc) is 3.05. The molecule has 0 aliphatic heterocycles. The van der Waals surface area contributed by atoms with Gasteiger partial charge < -0.3 is 10.1 Å². The van der Waals surface area contributed by atoms with Gasteiger partial charge >= 0.3 is 0 Å². The first kappa shape index (κ1) is 15.2. The number of pyridine rings is 1. The monoisotopic (exact) mass is 330 g/mol. The molecule has 3 aromatic rings. The maximum absolute atomic E-state index is 12.2. The number of rotatable bonds is 6. The van der Waals surface area contributed by atoms with Crippen LogP contribution in [0.1, 0.15) is 0 Å². The summed E-state index contributed by atoms with van der Waals surface area (Å²) in [6.45, 7) is 0.588. The molecular weight excluding hydrogens is 316 g/mol. The second kappa shape index (κ2) is 7.01. The van der Waals surface area contributed by atoms with Crippen molar-refractivity contribution >= 4 is 27.5 Å². The van der Waals surface area contributed by atoms with Gasteiger partial charge in [-0.2, -0.15) is 0 Å². The fourth-order valence-electron chi connectivity index (χ4n) is 2.00. The van der Waals surface area contributed by atoms with Crippen LogP contribution in [0, 0.1) is 0 Å². The lowest BCUT2D eigenvalue weighted by Crippen LogP contribution is -2.33. The summed E-state index contributed by atoms with van der Waals surface area (Å²) in [5.74, 6) is 0.275. The van der Waals surface area contributed by atoms with Crippen LogP contribution in [-0.2, 0) is 11.3 Å². The summed E-state index contributed by atoms with van der Waals surface area (Å²) in [6.07, 6.45) is 4.66. The molecule has 3 rings (SSSR count). The highest BCUT2D eigenvalue weighted by molar-refractivity contribution is 7.16. The Morgan fingerprint density at radius 1 is 1.39 bits per heavy atom. The van der Waals surface area contributed by atoms with Gasteiger partial charge in [0.2, 0.25) is 0 Å². The Morgan fingerprint density at radius 2 is 2.30 bits per heavy atom. The number of nitrogens with zero attached hydrogens (tertiary/aromatic N) is 3. The van der Waals surface area contributed by atoms with E-state index in [2.05, 4.69) is 15.3 Å². The Bertz CT molecular complexity index is 860. The maximum Gasteiger partial charge on any atom is 0.262 e. The molecule has 23 heavy (non-hydrogen) atoms. The lowest BCUT2D eigenvalue weighted by Gasteiger charge is -2.08. The van der Waals surface area contributed by atoms with Crippen LogP contribution in [0.25, 0.3) is 10.2 Å². The molecular formula is C15H14N4O3S. The smallest absolute Gasteiger partial charge is 0.262 e. The molecule has 0 aliphatic carbocycles. The molecule has 0 saturated heterocycles. The normalized spacial score (nSPS) is 10.6. The van der Waals surface area contributed by atoms with Crippen LogP contribution in [-0.4, -0.2) is 33.6 Å². The van der Waals surface area contributed by atoms with Crippen LogP contribution in [0.5, 0.6) is 5.75 Å². The van der Waals surface area contributed by atoms with E-state index in [-0.39, 0.29) is 18.1 Å². The van der Waals surface area contributed by atoms with Crippen molar-refractivity contribution in [1.29, 1.82) is 0 Å². The van der Waals surface area contributed by atoms with Gasteiger partial charge in [-0.15, -0.1) is 11.3 Å². The van der Waals surface area contributed by atoms with Crippen molar-refractivity contribution in [2.75, 3.05) is 13.2 Å². The SMILES string of the molecule is O=C(COc1cccnc1)NCCn1cnc2sccc2c1=O. The van der Waals surface area contributed by atoms with E-state index in [1.165, 1.54) is 28.4 Å². The van der Waals surface area contributed by atoms with Gasteiger partial charge in [0.15, 0.2) is 6.61 Å². The van der Waals surface area contributed by atoms with Crippen molar-refractivity contribution < 1.29 is 9.53 Å². The zero-order chi connectivity index (χ0) is 16.1. The van der Waals surface area contributed by atoms with Crippen LogP contribution in [0.4, 0.5) is 0 Å². The van der Waals surface area contributed by atoms with Gasteiger partial charge in [0.1, 0.15) is 10.6 Å². The fourth-order valence-corrected chi connectivity index (χ4v) is 2.72. The number of fused-ring (bicyclic) bond motifs is 1. The third-order valence-electron chi connectivity index (χ3n) is 3.13. The molecule has 118 valence electrons. The Balaban J connectivity index is 1.49. The van der Waals surface area contributed by atoms with Gasteiger partial charge in [-0.05, 0) is 23.6 Å². The van der Waals surface area contributed by atoms with Gasteiger partial charge in [0.25, 0.3) is 11.5 Å². The van der Waals surface area contributed by atoms with Gasteiger partial charge in [0, 0.05) is 19.3 Å². The van der Waals surface area contributed by atoms with E-state index in [1.807, 2.05) is 5.38 Å². The van der Waals surface area contributed by atoms with Crippen molar-refractivity contribution in [1.82, 2.24) is 19.9 Å². The molecule has 0 bridgehead atoms. The maximum atomic E-state index is 12.2. The number of carbonyl (C=O) groups excluding carboxylic acids is 1. The Hall–Kier alpha value is -2.74. The van der Waals surface area contributed by atoms with Gasteiger partial charge in [0.05, 0.1) is 17.9 Å². The third kappa shape index (κ3) is 3.72. The highest BCUT2D eigenvalue weighted by atomic mass is 32.1. The number of aromatic nitrogens is 3. The summed E-state index contributed by atoms with van der Waals surface area (Å²) in [5, 5.41) is 5.14. The predicted molar refractivity (Wildman–Crippen MR) is 86.6 cm³/mol. The van der Waals surface area contributed by atoms with E-state index >= 15 is 0 Å². The Kier molecular flexibility index (Phi) is 4.62. The quantitative estimate of drug-likeness (QED) is 0.730. The van der Waals surface area contributed by atoms with Crippen molar-refractivity contribution in [2.24, 2.45) is 0 Å². The lowest BCUT2D eigenvalue weighted by atomic mass is 10.4. The van der Waals surface area contributed by atoms with Crippen LogP contribution in [0.3, 0.4) is 0 Å². The van der Waals surface area contributed by atoms with E-state index in [4.69, 9.17) is 4.74 Å². The second-order valence-corrected chi connectivity index (χ2v) is 5.60. The van der Waals surface area contributed by atoms with E-state index in [9.17, 15) is 9.59 Å². The largest absolute Gasteiger partial charge is 0.482 e. The number of hydrogen-bond donors (Lipinski definition) is 1. The molecule has 0 spiro atoms. The van der Waals surface area contributed by atoms with Gasteiger partial charge in [-0.3, -0.25) is 19.1 Å². The molecule has 0 fully saturated rings. The van der Waals surface area contributed by atoms with E-state index < -0.39 is 0 Å². The predicted octanol–water partition coefficient (Wildman–Crippen LogP) is 1.05. The molecule has 0 aromatic carbocycles. The molecule has 0 unspecified atom stereocenters. The molecule has 0 radical (unpaired) electrons. The first-order valence-corrected chi connectivity index (χ1v) is 7.84. The van der Waals surface area contributed by atoms with Crippen LogP contribution >= 0.6 is 11.3 Å². The molecule has 0 saturated carbocycles. The first-order valence-electron chi connectivity index (χ1n) is 6.96. The molecule has 1 N–H and O–H groups in total. The summed E-state index contributed by atoms with van der Waals surface area (Å²) in [6, 6.07) is 5.21. The molecule has 1 amide bonds. The number of amides is 1. The molecule has 0 atom stereocenters. The lowest BCUT2D eigenvalue weighted by molar-refractivity contribution is -0.123. The van der Waals surface area contributed by atoms with Gasteiger partial charge in [-0.25, -0.2) is 4.98 Å². The zero-order valence-electron chi connectivity index (χ0n) is 12.1. The van der Waals surface area contributed by atoms with Gasteiger partial charge in [-0.1, -0.05) is 0 Å². The summed E-state index contributed by atoms with van der Waals surface area (Å²) < 4.78 is 6.77. The summed E-state index contributed by atoms with van der Waals surface area (Å²) >= 11 is 1.43. The minimum Gasteiger partial charge on any atom is -0.482 e. The van der Waals surface area contributed by atoms with Crippen molar-refractivity contribution in [3.05, 3.63) is 52.7 Å². The molecule has 3 aromatic heterocycles. The fraction of sp³-hybridized carbons (Fsp3) is 0.200. The summed E-state index contributed by atoms with van der Waals surface area (Å²) in [7, 11) is 0. The highest BCUT2D eigenvalue weighted by Gasteiger charge is 2.06. The number of hydrogen-bond acceptors (Lipinski definition) is 6. The van der Waals surface area contributed by atoms with E-state index in [0.717, 1.165) is 4.83 Å². The van der Waals surface area contributed by atoms with Crippen LogP contribution in [0.15, 0.2) is 47.1 Å². The van der Waals surface area contributed by atoms with Crippen LogP contribution in [0.2, 0.25) is 0 Å². The Labute approximate surface area is 135 Å². The highest BCUT2D eigenvalue weighted by Crippen LogP contribution is 2.13. The molecule has 8 heteroatoms. The number of carbonyl (C=O) groups is 1. The first-order chi connectivity index (χ1) is 11.2. The minimum absolute atomic E-state index is 0.0948. The minimum atomic E-state index is -0.258. The average molecular weight is 330 g/mol. The molecule has 0 aliphatic rings. The topological polar surface area (TPSA) is 86.1 Å². The van der Waals surface area contributed by atoms with Crippen molar-refractivity contribution in [2.45, 2.75) is 6.54 Å². The molecule has 7 nitrogen and oxygen atoms in total. The zero-order valence-corrected chi connectivity index (χ0v) is 13.0. The number of thiophene rings is 1. The third-order valence-corrected chi connectivity index (χ3v) is 3.95.